The maximum atomic E-state index is 12.0. The van der Waals surface area contributed by atoms with Gasteiger partial charge in [-0.05, 0) is 6.42 Å². The van der Waals surface area contributed by atoms with Crippen molar-refractivity contribution in [1.29, 1.82) is 0 Å². The molecule has 2 bridgehead atoms. The molecule has 0 amide bonds. The van der Waals surface area contributed by atoms with Crippen molar-refractivity contribution in [3.63, 3.8) is 0 Å². The first-order valence-corrected chi connectivity index (χ1v) is 6.68. The van der Waals surface area contributed by atoms with Crippen molar-refractivity contribution >= 4 is 11.6 Å². The highest BCUT2D eigenvalue weighted by molar-refractivity contribution is 6.01. The zero-order valence-corrected chi connectivity index (χ0v) is 11.6. The molecule has 3 rings (SSSR count). The van der Waals surface area contributed by atoms with Crippen molar-refractivity contribution < 1.29 is 37.0 Å². The van der Waals surface area contributed by atoms with Crippen LogP contribution in [0.1, 0.15) is 32.6 Å². The van der Waals surface area contributed by atoms with Gasteiger partial charge in [-0.3, -0.25) is 9.59 Å². The largest absolute Gasteiger partial charge is 0.450 e. The minimum atomic E-state index is -4.96. The lowest BCUT2D eigenvalue weighted by Crippen LogP contribution is -2.58. The minimum absolute atomic E-state index is 0.142. The van der Waals surface area contributed by atoms with Gasteiger partial charge in [0.1, 0.15) is 5.78 Å². The summed E-state index contributed by atoms with van der Waals surface area (Å²) >= 11 is 0. The average molecular weight is 310 g/mol. The van der Waals surface area contributed by atoms with Gasteiger partial charge in [-0.25, -0.2) is 0 Å². The highest BCUT2D eigenvalue weighted by Gasteiger charge is 2.50. The summed E-state index contributed by atoms with van der Waals surface area (Å²) in [6.07, 6.45) is -5.73. The molecule has 3 heterocycles. The molecule has 3 aliphatic rings. The van der Waals surface area contributed by atoms with Gasteiger partial charge in [0.25, 0.3) is 5.97 Å². The van der Waals surface area contributed by atoms with E-state index in [1.165, 1.54) is 0 Å². The number of halogens is 3. The van der Waals surface area contributed by atoms with Crippen molar-refractivity contribution in [1.82, 2.24) is 0 Å². The molecule has 0 aromatic carbocycles. The molecule has 5 nitrogen and oxygen atoms in total. The number of ketones is 2. The first-order chi connectivity index (χ1) is 9.64. The van der Waals surface area contributed by atoms with Crippen molar-refractivity contribution in [3.8, 4) is 0 Å². The Balaban J connectivity index is 1.72. The van der Waals surface area contributed by atoms with E-state index in [2.05, 4.69) is 0 Å². The first kappa shape index (κ1) is 16.4. The summed E-state index contributed by atoms with van der Waals surface area (Å²) in [6.45, 7) is 3.40. The van der Waals surface area contributed by atoms with Crippen LogP contribution < -0.4 is 0 Å². The van der Waals surface area contributed by atoms with Crippen molar-refractivity contribution in [2.45, 2.75) is 44.8 Å². The first-order valence-electron chi connectivity index (χ1n) is 6.68. The van der Waals surface area contributed by atoms with E-state index in [4.69, 9.17) is 14.2 Å². The third-order valence-corrected chi connectivity index (χ3v) is 3.53. The molecule has 0 radical (unpaired) electrons. The average Bonchev–Trinajstić information content (AvgIpc) is 2.39. The second kappa shape index (κ2) is 5.66. The number of alkyl halides is 3. The van der Waals surface area contributed by atoms with Gasteiger partial charge in [0.15, 0.2) is 0 Å². The van der Waals surface area contributed by atoms with Crippen LogP contribution in [0.2, 0.25) is 0 Å². The lowest BCUT2D eigenvalue weighted by Gasteiger charge is -2.50. The lowest BCUT2D eigenvalue weighted by molar-refractivity contribution is -0.467. The van der Waals surface area contributed by atoms with Crippen molar-refractivity contribution in [2.75, 3.05) is 19.8 Å². The summed E-state index contributed by atoms with van der Waals surface area (Å²) in [7, 11) is 0. The van der Waals surface area contributed by atoms with Crippen LogP contribution in [0.5, 0.6) is 0 Å². The van der Waals surface area contributed by atoms with Gasteiger partial charge >= 0.3 is 6.18 Å². The molecule has 120 valence electrons. The predicted octanol–water partition coefficient (Wildman–Crippen LogP) is 1.98. The molecule has 3 fully saturated rings. The number of hydrogen-bond donors (Lipinski definition) is 0. The summed E-state index contributed by atoms with van der Waals surface area (Å²) < 4.78 is 52.5. The van der Waals surface area contributed by atoms with Crippen LogP contribution in [-0.2, 0) is 23.8 Å². The van der Waals surface area contributed by atoms with E-state index in [0.717, 1.165) is 0 Å². The van der Waals surface area contributed by atoms with Gasteiger partial charge in [0.05, 0.1) is 26.2 Å². The summed E-state index contributed by atoms with van der Waals surface area (Å²) in [5.74, 6) is -3.95. The van der Waals surface area contributed by atoms with Gasteiger partial charge in [-0.1, -0.05) is 6.92 Å². The number of fused-ring (bicyclic) bond motifs is 3. The Morgan fingerprint density at radius 3 is 2.10 bits per heavy atom. The molecule has 0 aliphatic carbocycles. The van der Waals surface area contributed by atoms with Crippen LogP contribution in [0.3, 0.4) is 0 Å². The third-order valence-electron chi connectivity index (χ3n) is 3.53. The van der Waals surface area contributed by atoms with Crippen LogP contribution in [0.15, 0.2) is 0 Å². The number of carbonyl (C=O) groups is 2. The number of rotatable bonds is 6. The van der Waals surface area contributed by atoms with Crippen LogP contribution in [0.25, 0.3) is 0 Å². The normalized spacial score (nSPS) is 32.2. The third kappa shape index (κ3) is 4.02. The lowest BCUT2D eigenvalue weighted by atomic mass is 9.91. The van der Waals surface area contributed by atoms with E-state index in [1.807, 2.05) is 6.92 Å². The molecule has 0 N–H and O–H groups in total. The van der Waals surface area contributed by atoms with Gasteiger partial charge < -0.3 is 14.2 Å². The second-order valence-corrected chi connectivity index (χ2v) is 5.85. The molecule has 0 atom stereocenters. The Bertz CT molecular complexity index is 407. The summed E-state index contributed by atoms with van der Waals surface area (Å²) in [4.78, 5) is 22.0. The van der Waals surface area contributed by atoms with E-state index in [1.54, 1.807) is 0 Å². The molecule has 0 spiro atoms. The number of carbonyl (C=O) groups excluding carboxylic acids is 2. The van der Waals surface area contributed by atoms with Crippen molar-refractivity contribution in [2.24, 2.45) is 5.41 Å². The van der Waals surface area contributed by atoms with E-state index in [-0.39, 0.29) is 24.7 Å². The molecule has 0 aromatic rings. The van der Waals surface area contributed by atoms with E-state index < -0.39 is 30.1 Å². The Labute approximate surface area is 119 Å². The number of ether oxygens (including phenoxy) is 3. The van der Waals surface area contributed by atoms with E-state index >= 15 is 0 Å². The molecule has 0 unspecified atom stereocenters. The molecule has 0 aromatic heterocycles. The zero-order chi connectivity index (χ0) is 15.7. The van der Waals surface area contributed by atoms with Gasteiger partial charge in [-0.15, -0.1) is 0 Å². The van der Waals surface area contributed by atoms with Gasteiger partial charge in [-0.2, -0.15) is 13.2 Å². The molecule has 8 heteroatoms. The molecular formula is C13H17F3O5. The fraction of sp³-hybridized carbons (Fsp3) is 0.846. The molecule has 0 saturated carbocycles. The van der Waals surface area contributed by atoms with E-state index in [9.17, 15) is 22.8 Å². The predicted molar refractivity (Wildman–Crippen MR) is 63.2 cm³/mol. The highest BCUT2D eigenvalue weighted by Crippen LogP contribution is 2.40. The van der Waals surface area contributed by atoms with Crippen LogP contribution >= 0.6 is 0 Å². The Morgan fingerprint density at radius 1 is 1.10 bits per heavy atom. The topological polar surface area (TPSA) is 61.8 Å². The summed E-state index contributed by atoms with van der Waals surface area (Å²) in [6, 6.07) is 0. The number of hydrogen-bond acceptors (Lipinski definition) is 5. The molecule has 3 aliphatic heterocycles. The van der Waals surface area contributed by atoms with Gasteiger partial charge in [0.2, 0.25) is 5.78 Å². The highest BCUT2D eigenvalue weighted by atomic mass is 19.4. The second-order valence-electron chi connectivity index (χ2n) is 5.85. The fourth-order valence-corrected chi connectivity index (χ4v) is 2.19. The minimum Gasteiger partial charge on any atom is -0.327 e. The smallest absolute Gasteiger partial charge is 0.327 e. The Morgan fingerprint density at radius 2 is 1.62 bits per heavy atom. The monoisotopic (exact) mass is 310 g/mol. The molecular weight excluding hydrogens is 293 g/mol. The maximum Gasteiger partial charge on any atom is 0.450 e. The standard InChI is InChI=1S/C13H17F3O5/c1-11-6-19-12(20-7-11,21-8-11)4-2-3-9(17)5-10(18)13(14,15)16/h2-8H2,1H3. The van der Waals surface area contributed by atoms with Crippen molar-refractivity contribution in [3.05, 3.63) is 0 Å². The fourth-order valence-electron chi connectivity index (χ4n) is 2.19. The summed E-state index contributed by atoms with van der Waals surface area (Å²) in [5, 5.41) is 0. The summed E-state index contributed by atoms with van der Waals surface area (Å²) in [5.41, 5.74) is -0.170. The quantitative estimate of drug-likeness (QED) is 0.702. The zero-order valence-electron chi connectivity index (χ0n) is 11.6. The van der Waals surface area contributed by atoms with Crippen LogP contribution in [-0.4, -0.2) is 43.5 Å². The Hall–Kier alpha value is -0.990. The Kier molecular flexibility index (Phi) is 4.41. The van der Waals surface area contributed by atoms with Gasteiger partial charge in [0, 0.05) is 18.3 Å². The van der Waals surface area contributed by atoms with Crippen LogP contribution in [0.4, 0.5) is 13.2 Å². The maximum absolute atomic E-state index is 12.0. The molecule has 3 saturated heterocycles. The number of Topliss-reactive ketones (excluding diaryl/α,β-unsaturated/α-hetero) is 2. The van der Waals surface area contributed by atoms with E-state index in [0.29, 0.717) is 19.8 Å². The SMILES string of the molecule is CC12COC(CCCC(=O)CC(=O)C(F)(F)F)(OC1)OC2. The molecule has 21 heavy (non-hydrogen) atoms. The van der Waals surface area contributed by atoms with Crippen LogP contribution in [0, 0.1) is 5.41 Å².